The zero-order valence-electron chi connectivity index (χ0n) is 63.4. The number of esters is 1. The van der Waals surface area contributed by atoms with Gasteiger partial charge in [0.25, 0.3) is 11.8 Å². The van der Waals surface area contributed by atoms with Crippen LogP contribution in [-0.4, -0.2) is 204 Å². The van der Waals surface area contributed by atoms with Crippen molar-refractivity contribution >= 4 is 117 Å². The van der Waals surface area contributed by atoms with Crippen LogP contribution in [0.3, 0.4) is 0 Å². The molecule has 8 atom stereocenters. The molecule has 1 spiro atoms. The number of hydrogen-bond donors (Lipinski definition) is 18. The van der Waals surface area contributed by atoms with Crippen molar-refractivity contribution in [2.75, 3.05) is 42.6 Å². The number of carboxylic acid groups (broad SMARTS) is 4. The van der Waals surface area contributed by atoms with Gasteiger partial charge in [0.2, 0.25) is 35.5 Å². The lowest BCUT2D eigenvalue weighted by Crippen LogP contribution is -2.58. The van der Waals surface area contributed by atoms with E-state index >= 15 is 0 Å². The number of aryl methyl sites for hydroxylation is 1. The number of aromatic nitrogens is 7. The zero-order valence-corrected chi connectivity index (χ0v) is 64.2. The van der Waals surface area contributed by atoms with Gasteiger partial charge in [0.15, 0.2) is 21.9 Å². The van der Waals surface area contributed by atoms with Crippen LogP contribution in [0.5, 0.6) is 28.9 Å². The van der Waals surface area contributed by atoms with Gasteiger partial charge >= 0.3 is 35.9 Å². The van der Waals surface area contributed by atoms with Gasteiger partial charge in [-0.1, -0.05) is 11.3 Å². The number of ether oxygens (including phenoxy) is 3. The fourth-order valence-electron chi connectivity index (χ4n) is 14.5. The number of unbranched alkanes of at least 4 members (excludes halogenated alkanes) is 1. The minimum absolute atomic E-state index is 0.00527. The highest BCUT2D eigenvalue weighted by atomic mass is 32.1. The predicted molar refractivity (Wildman–Crippen MR) is 420 cm³/mol. The van der Waals surface area contributed by atoms with E-state index in [9.17, 15) is 93.3 Å². The third kappa shape index (κ3) is 20.6. The molecule has 40 nitrogen and oxygen atoms in total. The first-order valence-electron chi connectivity index (χ1n) is 37.7. The van der Waals surface area contributed by atoms with Gasteiger partial charge in [-0.3, -0.25) is 43.2 Å². The first-order valence-corrected chi connectivity index (χ1v) is 38.1. The zero-order chi connectivity index (χ0) is 84.9. The maximum atomic E-state index is 13.6. The molecule has 3 aromatic heterocycles. The average molecular weight is 1660 g/mol. The number of amides is 7. The van der Waals surface area contributed by atoms with Crippen LogP contribution < -0.4 is 63.6 Å². The largest absolute Gasteiger partial charge is 0.508 e. The third-order valence-corrected chi connectivity index (χ3v) is 20.7. The number of fused-ring (bicyclic) bond motifs is 9. The summed E-state index contributed by atoms with van der Waals surface area (Å²) < 4.78 is 19.6. The second kappa shape index (κ2) is 37.0. The number of thiocarbonyl (C=S) groups is 1. The van der Waals surface area contributed by atoms with Crippen molar-refractivity contribution in [3.05, 3.63) is 160 Å². The SMILES string of the molecule is C[C@H](CCCCNC(=O)c1ccc(-n2nnc3c2CC[C@H]2[C@@H](CC3)[C@H]2COC(=O)NCCNC(=S)Nc2ccc3c(c2)C(=O)OC32c3ccc(O)cc3Oc3cc(O)ccc32)cc1)NC(=O)[C@H](CC(=O)O)NC(=O)[C@H](CC(=O)O)NC(=O)[C@H](CC(=O)O)NC(=O)CC[C@H](NC(=O)c1ccc(NCc2cnc3nc(N)nc(O)c3n2)cc1)C(=O)O. The standard InChI is InChI=1S/C78H82N18O22S/c1-37(85-69(108)56(32-63(102)103)90-71(110)57(33-64(104)105)91-70(109)55(31-62(100)101)88-61(99)24-22-54(73(112)113)89-68(107)39-5-9-40(10-6-39)83-34-42-35-84-66-65(86-42)72(111)93-75(79)92-66)4-2-3-25-80-67(106)38-7-12-43(13-8-38)96-58-23-17-47-46(16-21-53(58)94-95-96)49(47)36-116-77(115)82-27-26-81-76(119)87-41-11-18-50-48(28-41)74(114)118-78(50)51-19-14-44(97)29-59(51)117-60-30-45(98)15-20-52(60)78/h5-15,18-20,28-30,35,37,46-47,49,54-57,83,97-98H,2-4,16-17,21-27,31-34,36H2,1H3,(H,80,106)(H,82,115)(H,85,108)(H,88,99)(H,89,107)(H,90,110)(H,91,109)(H,100,101)(H,102,103)(H,104,105)(H,112,113)(H2,81,87,119)(H3,79,84,92,93,111)/t37-,46-,47+,49-,54+,55+,56+,57+/m1/s1. The van der Waals surface area contributed by atoms with Crippen molar-refractivity contribution in [1.29, 1.82) is 0 Å². The van der Waals surface area contributed by atoms with E-state index in [4.69, 9.17) is 32.2 Å². The molecule has 7 amide bonds. The van der Waals surface area contributed by atoms with E-state index in [-0.39, 0.29) is 101 Å². The highest BCUT2D eigenvalue weighted by molar-refractivity contribution is 7.80. The Kier molecular flexibility index (Phi) is 26.1. The number of nitrogens with two attached hydrogens (primary N) is 1. The molecule has 8 aromatic rings. The van der Waals surface area contributed by atoms with E-state index in [1.807, 2.05) is 5.32 Å². The van der Waals surface area contributed by atoms with E-state index in [2.05, 4.69) is 78.1 Å². The molecule has 119 heavy (non-hydrogen) atoms. The Balaban J connectivity index is 0.531. The van der Waals surface area contributed by atoms with Crippen molar-refractivity contribution in [2.45, 2.75) is 126 Å². The molecule has 5 heterocycles. The van der Waals surface area contributed by atoms with E-state index in [1.54, 1.807) is 66.2 Å². The van der Waals surface area contributed by atoms with Gasteiger partial charge in [0.05, 0.1) is 66.9 Å². The topological polar surface area (TPSA) is 603 Å². The van der Waals surface area contributed by atoms with Crippen molar-refractivity contribution in [1.82, 2.24) is 77.5 Å². The number of nitrogens with zero attached hydrogens (tertiary/aromatic N) is 7. The number of nitrogen functional groups attached to an aromatic ring is 1. The summed E-state index contributed by atoms with van der Waals surface area (Å²) in [5.74, 6) is -12.6. The number of nitrogens with one attached hydrogen (secondary N) is 10. The highest BCUT2D eigenvalue weighted by Crippen LogP contribution is 2.58. The van der Waals surface area contributed by atoms with Gasteiger partial charge in [-0.25, -0.2) is 29.0 Å². The molecule has 4 aliphatic rings. The van der Waals surface area contributed by atoms with Crippen molar-refractivity contribution in [3.63, 3.8) is 0 Å². The van der Waals surface area contributed by atoms with Gasteiger partial charge in [-0.15, -0.1) is 5.10 Å². The summed E-state index contributed by atoms with van der Waals surface area (Å²) in [6, 6.07) is 18.4. The summed E-state index contributed by atoms with van der Waals surface area (Å²) in [5, 5.41) is 105. The number of carboxylic acids is 4. The molecule has 1 fully saturated rings. The number of rotatable bonds is 35. The number of aromatic hydroxyl groups is 3. The number of carbonyl (C=O) groups is 12. The molecule has 12 rings (SSSR count). The summed E-state index contributed by atoms with van der Waals surface area (Å²) in [6.07, 6.45) is 0.351. The Morgan fingerprint density at radius 3 is 1.88 bits per heavy atom. The van der Waals surface area contributed by atoms with Crippen LogP contribution in [0.2, 0.25) is 0 Å². The minimum Gasteiger partial charge on any atom is -0.508 e. The molecule has 0 saturated heterocycles. The van der Waals surface area contributed by atoms with E-state index in [0.29, 0.717) is 88.9 Å². The van der Waals surface area contributed by atoms with Crippen LogP contribution in [0.4, 0.5) is 22.1 Å². The van der Waals surface area contributed by atoms with E-state index < -0.39 is 139 Å². The smallest absolute Gasteiger partial charge is 0.407 e. The van der Waals surface area contributed by atoms with Gasteiger partial charge in [-0.2, -0.15) is 9.97 Å². The third-order valence-electron chi connectivity index (χ3n) is 20.4. The van der Waals surface area contributed by atoms with Gasteiger partial charge in [0, 0.05) is 83.4 Å². The van der Waals surface area contributed by atoms with Crippen LogP contribution >= 0.6 is 12.2 Å². The molecular weight excluding hydrogens is 1570 g/mol. The maximum absolute atomic E-state index is 13.6. The van der Waals surface area contributed by atoms with Crippen LogP contribution in [0.25, 0.3) is 16.9 Å². The highest BCUT2D eigenvalue weighted by Gasteiger charge is 2.54. The van der Waals surface area contributed by atoms with Crippen LogP contribution in [0.15, 0.2) is 109 Å². The molecular formula is C78H82N18O22S. The molecule has 0 bridgehead atoms. The number of hydrogen-bond acceptors (Lipinski definition) is 27. The molecule has 41 heteroatoms. The summed E-state index contributed by atoms with van der Waals surface area (Å²) in [4.78, 5) is 171. The van der Waals surface area contributed by atoms with Gasteiger partial charge in [0.1, 0.15) is 47.2 Å². The summed E-state index contributed by atoms with van der Waals surface area (Å²) in [5.41, 5.74) is 10.2. The molecule has 622 valence electrons. The van der Waals surface area contributed by atoms with Gasteiger partial charge < -0.3 is 109 Å². The van der Waals surface area contributed by atoms with Crippen LogP contribution in [0, 0.1) is 17.8 Å². The van der Waals surface area contributed by atoms with Crippen molar-refractivity contribution in [3.8, 4) is 34.6 Å². The predicted octanol–water partition coefficient (Wildman–Crippen LogP) is 3.28. The summed E-state index contributed by atoms with van der Waals surface area (Å²) >= 11 is 5.53. The Morgan fingerprint density at radius 1 is 0.639 bits per heavy atom. The Morgan fingerprint density at radius 2 is 1.24 bits per heavy atom. The molecule has 2 aliphatic carbocycles. The fraction of sp³-hybridized carbons (Fsp3) is 0.346. The Labute approximate surface area is 680 Å². The van der Waals surface area contributed by atoms with Crippen LogP contribution in [-0.2, 0) is 72.8 Å². The molecule has 2 aliphatic heterocycles. The maximum Gasteiger partial charge on any atom is 0.407 e. The molecule has 1 saturated carbocycles. The summed E-state index contributed by atoms with van der Waals surface area (Å²) in [7, 11) is 0. The molecule has 0 unspecified atom stereocenters. The number of anilines is 3. The molecule has 0 radical (unpaired) electrons. The average Bonchev–Trinajstić information content (AvgIpc) is 1.59. The number of benzene rings is 5. The number of aliphatic carboxylic acids is 4. The second-order valence-electron chi connectivity index (χ2n) is 28.7. The lowest BCUT2D eigenvalue weighted by Gasteiger charge is -2.36. The Bertz CT molecular complexity index is 5250. The number of phenolic OH excluding ortho intramolecular Hbond substituents is 2. The fourth-order valence-corrected chi connectivity index (χ4v) is 14.7. The monoisotopic (exact) mass is 1650 g/mol. The normalized spacial score (nSPS) is 16.2. The minimum atomic E-state index is -2.08. The number of phenols is 2. The van der Waals surface area contributed by atoms with E-state index in [0.717, 1.165) is 24.2 Å². The summed E-state index contributed by atoms with van der Waals surface area (Å²) in [6.45, 7) is 2.60. The lowest BCUT2D eigenvalue weighted by molar-refractivity contribution is -0.144. The quantitative estimate of drug-likeness (QED) is 0.0154. The first kappa shape index (κ1) is 84.0. The molecule has 19 N–H and O–H groups in total. The van der Waals surface area contributed by atoms with Crippen molar-refractivity contribution < 1.29 is 107 Å². The number of alkyl carbamates (subject to hydrolysis) is 1. The lowest BCUT2D eigenvalue weighted by atomic mass is 9.77. The van der Waals surface area contributed by atoms with Crippen molar-refractivity contribution in [2.24, 2.45) is 17.8 Å². The molecule has 5 aromatic carbocycles. The second-order valence-corrected chi connectivity index (χ2v) is 29.1. The first-order chi connectivity index (χ1) is 57.0. The number of carbonyl (C=O) groups excluding carboxylic acids is 8. The Hall–Kier alpha value is -14.4. The van der Waals surface area contributed by atoms with E-state index in [1.165, 1.54) is 54.7 Å². The van der Waals surface area contributed by atoms with Gasteiger partial charge in [-0.05, 0) is 173 Å². The van der Waals surface area contributed by atoms with Crippen LogP contribution in [0.1, 0.15) is 136 Å².